The smallest absolute Gasteiger partial charge is 0.218 e. The number of nitrogens with one attached hydrogen (secondary N) is 1. The molecule has 0 saturated carbocycles. The molecule has 112 valence electrons. The van der Waals surface area contributed by atoms with E-state index in [1.165, 1.54) is 30.5 Å². The van der Waals surface area contributed by atoms with Crippen LogP contribution in [0.5, 0.6) is 0 Å². The molecule has 0 fully saturated rings. The highest BCUT2D eigenvalue weighted by atomic mass is 79.9. The Morgan fingerprint density at radius 2 is 1.91 bits per heavy atom. The first-order chi connectivity index (χ1) is 10.4. The van der Waals surface area contributed by atoms with Crippen molar-refractivity contribution in [3.8, 4) is 6.07 Å². The number of anilines is 1. The highest BCUT2D eigenvalue weighted by Crippen LogP contribution is 2.22. The number of nitriles is 1. The maximum Gasteiger partial charge on any atom is 0.218 e. The van der Waals surface area contributed by atoms with E-state index in [9.17, 15) is 8.42 Å². The third-order valence-corrected chi connectivity index (χ3v) is 5.14. The van der Waals surface area contributed by atoms with Gasteiger partial charge in [-0.15, -0.1) is 0 Å². The van der Waals surface area contributed by atoms with Crippen LogP contribution in [0.4, 0.5) is 5.69 Å². The van der Waals surface area contributed by atoms with Gasteiger partial charge in [0.2, 0.25) is 9.84 Å². The van der Waals surface area contributed by atoms with Crippen LogP contribution < -0.4 is 5.32 Å². The molecular formula is C15H10BrClN2O2S. The minimum absolute atomic E-state index is 0.0146. The zero-order valence-corrected chi connectivity index (χ0v) is 14.3. The molecule has 0 spiro atoms. The summed E-state index contributed by atoms with van der Waals surface area (Å²) < 4.78 is 25.6. The van der Waals surface area contributed by atoms with Crippen molar-refractivity contribution in [1.82, 2.24) is 0 Å². The fraction of sp³-hybridized carbons (Fsp3) is 0. The first-order valence-corrected chi connectivity index (χ1v) is 8.72. The van der Waals surface area contributed by atoms with Crippen molar-refractivity contribution in [3.63, 3.8) is 0 Å². The second-order valence-electron chi connectivity index (χ2n) is 4.23. The summed E-state index contributed by atoms with van der Waals surface area (Å²) in [5.41, 5.74) is 0.661. The number of rotatable bonds is 4. The second-order valence-corrected chi connectivity index (χ2v) is 7.50. The summed E-state index contributed by atoms with van der Waals surface area (Å²) in [4.78, 5) is -0.365. The summed E-state index contributed by atoms with van der Waals surface area (Å²) in [6, 6.07) is 14.5. The Morgan fingerprint density at radius 3 is 2.50 bits per heavy atom. The average Bonchev–Trinajstić information content (AvgIpc) is 2.48. The van der Waals surface area contributed by atoms with E-state index in [4.69, 9.17) is 16.9 Å². The van der Waals surface area contributed by atoms with Crippen molar-refractivity contribution < 1.29 is 8.42 Å². The van der Waals surface area contributed by atoms with Gasteiger partial charge in [0.05, 0.1) is 4.90 Å². The van der Waals surface area contributed by atoms with E-state index >= 15 is 0 Å². The van der Waals surface area contributed by atoms with Gasteiger partial charge >= 0.3 is 0 Å². The van der Waals surface area contributed by atoms with Crippen LogP contribution in [0, 0.1) is 11.3 Å². The largest absolute Gasteiger partial charge is 0.360 e. The number of hydrogen-bond donors (Lipinski definition) is 1. The molecule has 2 aromatic rings. The number of hydrogen-bond acceptors (Lipinski definition) is 4. The van der Waals surface area contributed by atoms with Gasteiger partial charge in [-0.25, -0.2) is 8.42 Å². The molecule has 1 N–H and O–H groups in total. The minimum atomic E-state index is -3.88. The molecular weight excluding hydrogens is 388 g/mol. The van der Waals surface area contributed by atoms with Crippen molar-refractivity contribution in [2.45, 2.75) is 4.90 Å². The third kappa shape index (κ3) is 3.89. The van der Waals surface area contributed by atoms with Crippen LogP contribution in [0.15, 0.2) is 69.0 Å². The Hall–Kier alpha value is -1.81. The van der Waals surface area contributed by atoms with Gasteiger partial charge in [-0.1, -0.05) is 33.6 Å². The summed E-state index contributed by atoms with van der Waals surface area (Å²) >= 11 is 9.05. The highest BCUT2D eigenvalue weighted by molar-refractivity contribution is 9.10. The van der Waals surface area contributed by atoms with Crippen LogP contribution in [0.3, 0.4) is 0 Å². The molecule has 0 heterocycles. The molecule has 4 nitrogen and oxygen atoms in total. The van der Waals surface area contributed by atoms with E-state index in [0.717, 1.165) is 4.47 Å². The van der Waals surface area contributed by atoms with Gasteiger partial charge < -0.3 is 5.32 Å². The molecule has 0 amide bonds. The van der Waals surface area contributed by atoms with E-state index in [1.54, 1.807) is 24.3 Å². The van der Waals surface area contributed by atoms with Crippen LogP contribution in [-0.4, -0.2) is 8.42 Å². The lowest BCUT2D eigenvalue weighted by Gasteiger charge is -2.05. The van der Waals surface area contributed by atoms with Crippen LogP contribution in [0.25, 0.3) is 0 Å². The van der Waals surface area contributed by atoms with Crippen LogP contribution in [-0.2, 0) is 9.84 Å². The lowest BCUT2D eigenvalue weighted by atomic mass is 10.3. The molecule has 0 saturated heterocycles. The molecule has 2 aromatic carbocycles. The van der Waals surface area contributed by atoms with Crippen molar-refractivity contribution in [2.24, 2.45) is 0 Å². The monoisotopic (exact) mass is 396 g/mol. The molecule has 0 unspecified atom stereocenters. The molecule has 0 atom stereocenters. The number of benzene rings is 2. The van der Waals surface area contributed by atoms with E-state index in [2.05, 4.69) is 21.2 Å². The van der Waals surface area contributed by atoms with Gasteiger partial charge in [-0.05, 0) is 42.5 Å². The predicted octanol–water partition coefficient (Wildman–Crippen LogP) is 4.35. The first kappa shape index (κ1) is 16.6. The molecule has 7 heteroatoms. The van der Waals surface area contributed by atoms with Crippen LogP contribution >= 0.6 is 27.5 Å². The highest BCUT2D eigenvalue weighted by Gasteiger charge is 2.20. The maximum absolute atomic E-state index is 12.4. The minimum Gasteiger partial charge on any atom is -0.360 e. The van der Waals surface area contributed by atoms with Gasteiger partial charge in [0.15, 0.2) is 4.91 Å². The third-order valence-electron chi connectivity index (χ3n) is 2.72. The summed E-state index contributed by atoms with van der Waals surface area (Å²) in [7, 11) is -3.88. The Kier molecular flexibility index (Phi) is 5.24. The second kappa shape index (κ2) is 6.97. The maximum atomic E-state index is 12.4. The lowest BCUT2D eigenvalue weighted by Crippen LogP contribution is -2.05. The van der Waals surface area contributed by atoms with Crippen molar-refractivity contribution in [1.29, 1.82) is 5.26 Å². The molecule has 0 aliphatic carbocycles. The van der Waals surface area contributed by atoms with E-state index < -0.39 is 9.84 Å². The molecule has 22 heavy (non-hydrogen) atoms. The van der Waals surface area contributed by atoms with Crippen molar-refractivity contribution in [3.05, 3.63) is 69.1 Å². The van der Waals surface area contributed by atoms with Gasteiger partial charge in [0, 0.05) is 21.4 Å². The summed E-state index contributed by atoms with van der Waals surface area (Å²) in [5, 5.41) is 12.4. The number of halogens is 2. The zero-order chi connectivity index (χ0) is 16.2. The van der Waals surface area contributed by atoms with E-state index in [0.29, 0.717) is 10.7 Å². The molecule has 0 bridgehead atoms. The van der Waals surface area contributed by atoms with Crippen LogP contribution in [0.2, 0.25) is 5.02 Å². The Morgan fingerprint density at radius 1 is 1.23 bits per heavy atom. The molecule has 0 aliphatic rings. The molecule has 0 aromatic heterocycles. The molecule has 0 aliphatic heterocycles. The predicted molar refractivity (Wildman–Crippen MR) is 90.1 cm³/mol. The zero-order valence-electron chi connectivity index (χ0n) is 11.1. The molecule has 0 radical (unpaired) electrons. The molecule has 2 rings (SSSR count). The summed E-state index contributed by atoms with van der Waals surface area (Å²) in [5.74, 6) is 0. The van der Waals surface area contributed by atoms with E-state index in [1.807, 2.05) is 6.07 Å². The summed E-state index contributed by atoms with van der Waals surface area (Å²) in [6.07, 6.45) is 1.17. The quantitative estimate of drug-likeness (QED) is 0.779. The standard InChI is InChI=1S/C15H10BrClN2O2S/c16-11-2-1-3-13(8-11)19-10-15(9-18)22(20,21)14-6-4-12(17)5-7-14/h1-8,10,19H. The average molecular weight is 398 g/mol. The Balaban J connectivity index is 2.32. The number of allylic oxidation sites excluding steroid dienone is 1. The first-order valence-electron chi connectivity index (χ1n) is 6.06. The number of sulfone groups is 1. The fourth-order valence-electron chi connectivity index (χ4n) is 1.64. The van der Waals surface area contributed by atoms with E-state index in [-0.39, 0.29) is 9.80 Å². The fourth-order valence-corrected chi connectivity index (χ4v) is 3.25. The summed E-state index contributed by atoms with van der Waals surface area (Å²) in [6.45, 7) is 0. The van der Waals surface area contributed by atoms with Gasteiger partial charge in [0.25, 0.3) is 0 Å². The topological polar surface area (TPSA) is 70.0 Å². The normalized spacial score (nSPS) is 11.8. The van der Waals surface area contributed by atoms with Gasteiger partial charge in [-0.3, -0.25) is 0 Å². The Labute approximate surface area is 142 Å². The lowest BCUT2D eigenvalue weighted by molar-refractivity contribution is 0.603. The Bertz CT molecular complexity index is 856. The number of nitrogens with zero attached hydrogens (tertiary/aromatic N) is 1. The van der Waals surface area contributed by atoms with Crippen LogP contribution in [0.1, 0.15) is 0 Å². The SMILES string of the molecule is N#CC(=CNc1cccc(Br)c1)S(=O)(=O)c1ccc(Cl)cc1. The van der Waals surface area contributed by atoms with Gasteiger partial charge in [-0.2, -0.15) is 5.26 Å². The van der Waals surface area contributed by atoms with Gasteiger partial charge in [0.1, 0.15) is 6.07 Å². The van der Waals surface area contributed by atoms with Crippen molar-refractivity contribution in [2.75, 3.05) is 5.32 Å². The van der Waals surface area contributed by atoms with Crippen molar-refractivity contribution >= 4 is 43.1 Å².